The van der Waals surface area contributed by atoms with Gasteiger partial charge in [0.2, 0.25) is 4.63 Å². The first kappa shape index (κ1) is 18.5. The number of nitrogens with zero attached hydrogens (tertiary/aromatic N) is 3. The smallest absolute Gasteiger partial charge is 0.423 e. The van der Waals surface area contributed by atoms with Gasteiger partial charge in [0.15, 0.2) is 5.82 Å². The van der Waals surface area contributed by atoms with Crippen molar-refractivity contribution in [2.24, 2.45) is 0 Å². The average Bonchev–Trinajstić information content (AvgIpc) is 3.05. The van der Waals surface area contributed by atoms with E-state index in [-0.39, 0.29) is 22.3 Å². The maximum Gasteiger partial charge on any atom is 0.490 e. The molecule has 0 amide bonds. The molecule has 4 atom stereocenters. The third-order valence-corrected chi connectivity index (χ3v) is 5.72. The summed E-state index contributed by atoms with van der Waals surface area (Å²) in [5, 5.41) is 58.9. The van der Waals surface area contributed by atoms with E-state index in [0.29, 0.717) is 0 Å². The minimum atomic E-state index is -1.94. The van der Waals surface area contributed by atoms with Crippen LogP contribution in [-0.4, -0.2) is 76.6 Å². The summed E-state index contributed by atoms with van der Waals surface area (Å²) in [6.07, 6.45) is -0.230. The lowest BCUT2D eigenvalue weighted by Gasteiger charge is -2.35. The van der Waals surface area contributed by atoms with Gasteiger partial charge >= 0.3 is 7.12 Å². The van der Waals surface area contributed by atoms with Gasteiger partial charge in [0.25, 0.3) is 0 Å². The highest BCUT2D eigenvalue weighted by molar-refractivity contribution is 9.09. The maximum absolute atomic E-state index is 10.8. The topological polar surface area (TPSA) is 173 Å². The molecule has 3 rings (SSSR count). The highest BCUT2D eigenvalue weighted by Gasteiger charge is 2.63. The fraction of sp³-hybridized carbons (Fsp3) is 0.500. The number of aliphatic hydroxyl groups is 3. The molecule has 0 radical (unpaired) electrons. The molecule has 3 heterocycles. The van der Waals surface area contributed by atoms with Crippen LogP contribution in [0.3, 0.4) is 0 Å². The highest BCUT2D eigenvalue weighted by atomic mass is 79.9. The Hall–Kier alpha value is -1.32. The predicted molar refractivity (Wildman–Crippen MR) is 88.3 cm³/mol. The number of ether oxygens (including phenoxy) is 1. The van der Waals surface area contributed by atoms with Gasteiger partial charge in [0.1, 0.15) is 29.8 Å². The summed E-state index contributed by atoms with van der Waals surface area (Å²) in [7, 11) is -1.94. The minimum absolute atomic E-state index is 0.0672. The van der Waals surface area contributed by atoms with Gasteiger partial charge in [-0.1, -0.05) is 0 Å². The summed E-state index contributed by atoms with van der Waals surface area (Å²) in [6, 6.07) is 0. The summed E-state index contributed by atoms with van der Waals surface area (Å²) < 4.78 is 5.04. The van der Waals surface area contributed by atoms with Gasteiger partial charge in [-0.25, -0.2) is 9.97 Å². The second kappa shape index (κ2) is 6.14. The molecule has 0 saturated carbocycles. The van der Waals surface area contributed by atoms with Crippen molar-refractivity contribution in [3.8, 4) is 0 Å². The van der Waals surface area contributed by atoms with E-state index >= 15 is 0 Å². The normalized spacial score (nSPS) is 32.3. The third-order valence-electron chi connectivity index (χ3n) is 4.35. The first-order valence-corrected chi connectivity index (χ1v) is 7.99. The Morgan fingerprint density at radius 1 is 1.44 bits per heavy atom. The number of aliphatic hydroxyl groups excluding tert-OH is 2. The second-order valence-electron chi connectivity index (χ2n) is 5.85. The van der Waals surface area contributed by atoms with Gasteiger partial charge in [-0.15, -0.1) is 0 Å². The van der Waals surface area contributed by atoms with E-state index in [1.807, 2.05) is 5.48 Å². The molecular formula is C12H16BBrN4O7. The molecule has 2 aromatic heterocycles. The number of halogens is 1. The van der Waals surface area contributed by atoms with E-state index < -0.39 is 36.2 Å². The fourth-order valence-electron chi connectivity index (χ4n) is 2.96. The molecule has 1 aliphatic rings. The molecule has 1 saturated heterocycles. The van der Waals surface area contributed by atoms with E-state index in [1.54, 1.807) is 0 Å². The van der Waals surface area contributed by atoms with E-state index in [1.165, 1.54) is 17.7 Å². The number of aromatic nitrogens is 3. The van der Waals surface area contributed by atoms with Crippen LogP contribution in [0, 0.1) is 0 Å². The van der Waals surface area contributed by atoms with Gasteiger partial charge < -0.3 is 30.1 Å². The van der Waals surface area contributed by atoms with Crippen LogP contribution >= 0.6 is 15.9 Å². The zero-order chi connectivity index (χ0) is 18.6. The molecule has 1 aliphatic heterocycles. The molecule has 0 spiro atoms. The molecule has 0 bridgehead atoms. The van der Waals surface area contributed by atoms with Crippen LogP contribution in [-0.2, 0) is 9.37 Å². The number of anilines is 1. The Kier molecular flexibility index (Phi) is 4.54. The van der Waals surface area contributed by atoms with Crippen molar-refractivity contribution in [3.63, 3.8) is 0 Å². The van der Waals surface area contributed by atoms with Crippen LogP contribution in [0.4, 0.5) is 5.82 Å². The molecule has 0 aliphatic carbocycles. The van der Waals surface area contributed by atoms with Crippen LogP contribution in [0.2, 0.25) is 0 Å². The number of fused-ring (bicyclic) bond motifs is 1. The average molecular weight is 419 g/mol. The largest absolute Gasteiger partial charge is 0.490 e. The maximum atomic E-state index is 10.8. The van der Waals surface area contributed by atoms with Crippen molar-refractivity contribution in [1.82, 2.24) is 14.5 Å². The zero-order valence-corrected chi connectivity index (χ0v) is 14.5. The quantitative estimate of drug-likeness (QED) is 0.159. The molecule has 13 heteroatoms. The standard InChI is InChI=1S/C12H16BBrN4O7/c1-11(21)8(20)6(3-19)25-12(11,14)18-2-5(13(22)23)7-9(17-24)15-4-16-10(7)18/h2,4,6,8,19-24H,3H2,1H3,(H,15,16,17)/t6-,8-,11-,12+/m1/s1. The number of alkyl halides is 1. The first-order valence-electron chi connectivity index (χ1n) is 7.19. The zero-order valence-electron chi connectivity index (χ0n) is 12.9. The summed E-state index contributed by atoms with van der Waals surface area (Å²) in [5.74, 6) is -0.0974. The van der Waals surface area contributed by atoms with Crippen molar-refractivity contribution >= 4 is 45.4 Å². The molecule has 1 fully saturated rings. The second-order valence-corrected chi connectivity index (χ2v) is 6.93. The minimum Gasteiger partial charge on any atom is -0.423 e. The van der Waals surface area contributed by atoms with Crippen molar-refractivity contribution < 1.29 is 35.3 Å². The lowest BCUT2D eigenvalue weighted by molar-refractivity contribution is -0.116. The van der Waals surface area contributed by atoms with E-state index in [2.05, 4.69) is 25.9 Å². The van der Waals surface area contributed by atoms with Crippen LogP contribution in [0.1, 0.15) is 6.92 Å². The molecule has 0 unspecified atom stereocenters. The Labute approximate surface area is 149 Å². The van der Waals surface area contributed by atoms with Gasteiger partial charge in [-0.05, 0) is 22.9 Å². The molecule has 11 nitrogen and oxygen atoms in total. The van der Waals surface area contributed by atoms with Crippen LogP contribution < -0.4 is 10.9 Å². The molecule has 2 aromatic rings. The number of hydrogen-bond acceptors (Lipinski definition) is 10. The van der Waals surface area contributed by atoms with Crippen LogP contribution in [0.25, 0.3) is 11.0 Å². The molecular weight excluding hydrogens is 403 g/mol. The monoisotopic (exact) mass is 418 g/mol. The number of hydrogen-bond donors (Lipinski definition) is 7. The predicted octanol–water partition coefficient (Wildman–Crippen LogP) is -2.58. The summed E-state index contributed by atoms with van der Waals surface area (Å²) >= 11 is 3.24. The summed E-state index contributed by atoms with van der Waals surface area (Å²) in [4.78, 5) is 7.84. The lowest BCUT2D eigenvalue weighted by Crippen LogP contribution is -2.52. The van der Waals surface area contributed by atoms with Gasteiger partial charge in [-0.2, -0.15) is 0 Å². The summed E-state index contributed by atoms with van der Waals surface area (Å²) in [6.45, 7) is 0.729. The van der Waals surface area contributed by atoms with Crippen molar-refractivity contribution in [2.75, 3.05) is 12.1 Å². The summed E-state index contributed by atoms with van der Waals surface area (Å²) in [5.41, 5.74) is -0.102. The molecule has 0 aromatic carbocycles. The molecule has 136 valence electrons. The SMILES string of the molecule is C[C@@]1(O)[C@H](O)[C@@H](CO)O[C@@]1(Br)n1cc(B(O)O)c2c(NO)ncnc21. The first-order chi connectivity index (χ1) is 11.7. The molecule has 25 heavy (non-hydrogen) atoms. The van der Waals surface area contributed by atoms with Gasteiger partial charge in [0, 0.05) is 11.7 Å². The van der Waals surface area contributed by atoms with Gasteiger partial charge in [0.05, 0.1) is 12.0 Å². The fourth-order valence-corrected chi connectivity index (χ4v) is 3.70. The van der Waals surface area contributed by atoms with E-state index in [4.69, 9.17) is 4.74 Å². The van der Waals surface area contributed by atoms with Crippen LogP contribution in [0.15, 0.2) is 12.5 Å². The Bertz CT molecular complexity index is 803. The Morgan fingerprint density at radius 2 is 2.12 bits per heavy atom. The van der Waals surface area contributed by atoms with E-state index in [9.17, 15) is 30.6 Å². The van der Waals surface area contributed by atoms with Crippen LogP contribution in [0.5, 0.6) is 0 Å². The number of rotatable bonds is 4. The van der Waals surface area contributed by atoms with Crippen molar-refractivity contribution in [3.05, 3.63) is 12.5 Å². The third kappa shape index (κ3) is 2.47. The van der Waals surface area contributed by atoms with Gasteiger partial charge in [-0.3, -0.25) is 15.3 Å². The van der Waals surface area contributed by atoms with E-state index in [0.717, 1.165) is 6.33 Å². The van der Waals surface area contributed by atoms with Crippen molar-refractivity contribution in [2.45, 2.75) is 29.4 Å². The lowest BCUT2D eigenvalue weighted by atomic mass is 9.80. The Balaban J connectivity index is 2.29. The highest BCUT2D eigenvalue weighted by Crippen LogP contribution is 2.49. The molecule has 7 N–H and O–H groups in total. The Morgan fingerprint density at radius 3 is 2.64 bits per heavy atom. The van der Waals surface area contributed by atoms with Crippen molar-refractivity contribution in [1.29, 1.82) is 0 Å². The number of nitrogens with one attached hydrogen (secondary N) is 1.